The van der Waals surface area contributed by atoms with Gasteiger partial charge in [0.1, 0.15) is 0 Å². The van der Waals surface area contributed by atoms with Gasteiger partial charge in [-0.1, -0.05) is 13.0 Å². The van der Waals surface area contributed by atoms with Crippen LogP contribution in [0.2, 0.25) is 0 Å². The summed E-state index contributed by atoms with van der Waals surface area (Å²) in [5, 5.41) is 3.35. The lowest BCUT2D eigenvalue weighted by atomic mass is 9.93. The third kappa shape index (κ3) is 1.92. The number of rotatable bonds is 4. The van der Waals surface area contributed by atoms with Crippen LogP contribution in [0.4, 0.5) is 0 Å². The zero-order chi connectivity index (χ0) is 11.8. The third-order valence-corrected chi connectivity index (χ3v) is 5.57. The van der Waals surface area contributed by atoms with E-state index in [0.29, 0.717) is 18.4 Å². The lowest BCUT2D eigenvalue weighted by Gasteiger charge is -2.25. The second-order valence-corrected chi connectivity index (χ2v) is 6.66. The van der Waals surface area contributed by atoms with Crippen molar-refractivity contribution >= 4 is 10.0 Å². The molecule has 0 saturated carbocycles. The first-order valence-electron chi connectivity index (χ1n) is 5.91. The van der Waals surface area contributed by atoms with E-state index < -0.39 is 10.0 Å². The van der Waals surface area contributed by atoms with Crippen LogP contribution < -0.4 is 5.32 Å². The Kier molecular flexibility index (Phi) is 3.37. The number of hydrogen-bond acceptors (Lipinski definition) is 3. The Bertz CT molecular complexity index is 366. The molecule has 3 unspecified atom stereocenters. The van der Waals surface area contributed by atoms with Gasteiger partial charge in [-0.25, -0.2) is 8.42 Å². The molecule has 16 heavy (non-hydrogen) atoms. The Morgan fingerprint density at radius 1 is 1.50 bits per heavy atom. The average Bonchev–Trinajstić information content (AvgIpc) is 2.75. The standard InChI is InChI=1S/C11H20N2O2S/c1-3-5-16(14,15)13-8-9-6-12-7-10(9)11(13)4-2/h3,9-12H,1,4-8H2,2H3. The molecule has 2 aliphatic rings. The summed E-state index contributed by atoms with van der Waals surface area (Å²) < 4.78 is 25.8. The maximum absolute atomic E-state index is 12.1. The van der Waals surface area contributed by atoms with Crippen LogP contribution in [-0.2, 0) is 10.0 Å². The Labute approximate surface area is 97.8 Å². The molecule has 0 aromatic carbocycles. The molecule has 2 rings (SSSR count). The van der Waals surface area contributed by atoms with Crippen LogP contribution in [0.5, 0.6) is 0 Å². The number of sulfonamides is 1. The first kappa shape index (κ1) is 12.1. The van der Waals surface area contributed by atoms with E-state index in [1.165, 1.54) is 6.08 Å². The largest absolute Gasteiger partial charge is 0.316 e. The van der Waals surface area contributed by atoms with Crippen molar-refractivity contribution in [2.45, 2.75) is 19.4 Å². The maximum atomic E-state index is 12.1. The van der Waals surface area contributed by atoms with Crippen LogP contribution in [0.1, 0.15) is 13.3 Å². The van der Waals surface area contributed by atoms with E-state index >= 15 is 0 Å². The number of nitrogens with one attached hydrogen (secondary N) is 1. The van der Waals surface area contributed by atoms with Gasteiger partial charge in [-0.3, -0.25) is 0 Å². The van der Waals surface area contributed by atoms with Crippen molar-refractivity contribution < 1.29 is 8.42 Å². The Balaban J connectivity index is 2.20. The topological polar surface area (TPSA) is 49.4 Å². The molecule has 2 saturated heterocycles. The lowest BCUT2D eigenvalue weighted by Crippen LogP contribution is -2.40. The molecule has 2 fully saturated rings. The van der Waals surface area contributed by atoms with Gasteiger partial charge in [0.05, 0.1) is 5.75 Å². The number of nitrogens with zero attached hydrogens (tertiary/aromatic N) is 1. The summed E-state index contributed by atoms with van der Waals surface area (Å²) in [6.45, 7) is 8.20. The summed E-state index contributed by atoms with van der Waals surface area (Å²) in [6, 6.07) is 0.185. The molecule has 0 radical (unpaired) electrons. The van der Waals surface area contributed by atoms with E-state index in [1.54, 1.807) is 4.31 Å². The van der Waals surface area contributed by atoms with Crippen molar-refractivity contribution in [1.82, 2.24) is 9.62 Å². The van der Waals surface area contributed by atoms with Crippen LogP contribution in [-0.4, -0.2) is 44.2 Å². The fourth-order valence-corrected chi connectivity index (χ4v) is 4.68. The summed E-state index contributed by atoms with van der Waals surface area (Å²) in [5.41, 5.74) is 0. The smallest absolute Gasteiger partial charge is 0.217 e. The lowest BCUT2D eigenvalue weighted by molar-refractivity contribution is 0.330. The first-order valence-corrected chi connectivity index (χ1v) is 7.52. The first-order chi connectivity index (χ1) is 7.60. The van der Waals surface area contributed by atoms with Crippen molar-refractivity contribution in [1.29, 1.82) is 0 Å². The maximum Gasteiger partial charge on any atom is 0.217 e. The van der Waals surface area contributed by atoms with Crippen molar-refractivity contribution in [3.05, 3.63) is 12.7 Å². The number of fused-ring (bicyclic) bond motifs is 1. The summed E-state index contributed by atoms with van der Waals surface area (Å²) in [4.78, 5) is 0. The van der Waals surface area contributed by atoms with Gasteiger partial charge in [-0.2, -0.15) is 4.31 Å². The second-order valence-electron chi connectivity index (χ2n) is 4.69. The molecule has 0 amide bonds. The predicted octanol–water partition coefficient (Wildman–Crippen LogP) is 0.432. The molecule has 0 aromatic heterocycles. The van der Waals surface area contributed by atoms with Gasteiger partial charge in [-0.15, -0.1) is 6.58 Å². The van der Waals surface area contributed by atoms with Crippen LogP contribution in [0.25, 0.3) is 0 Å². The summed E-state index contributed by atoms with van der Waals surface area (Å²) in [6.07, 6.45) is 2.38. The minimum atomic E-state index is -3.13. The molecule has 5 heteroatoms. The van der Waals surface area contributed by atoms with Crippen molar-refractivity contribution in [2.75, 3.05) is 25.4 Å². The molecule has 4 nitrogen and oxygen atoms in total. The monoisotopic (exact) mass is 244 g/mol. The Morgan fingerprint density at radius 2 is 2.25 bits per heavy atom. The summed E-state index contributed by atoms with van der Waals surface area (Å²) in [7, 11) is -3.13. The third-order valence-electron chi connectivity index (χ3n) is 3.77. The van der Waals surface area contributed by atoms with Crippen LogP contribution in [0.15, 0.2) is 12.7 Å². The van der Waals surface area contributed by atoms with Crippen molar-refractivity contribution in [3.63, 3.8) is 0 Å². The molecular formula is C11H20N2O2S. The molecule has 1 N–H and O–H groups in total. The zero-order valence-electron chi connectivity index (χ0n) is 9.72. The van der Waals surface area contributed by atoms with E-state index in [0.717, 1.165) is 19.5 Å². The van der Waals surface area contributed by atoms with E-state index in [9.17, 15) is 8.42 Å². The van der Waals surface area contributed by atoms with Gasteiger partial charge in [0.2, 0.25) is 10.0 Å². The predicted molar refractivity (Wildman–Crippen MR) is 64.6 cm³/mol. The average molecular weight is 244 g/mol. The SMILES string of the molecule is C=CCS(=O)(=O)N1CC2CNCC2C1CC. The molecule has 2 heterocycles. The Morgan fingerprint density at radius 3 is 2.88 bits per heavy atom. The van der Waals surface area contributed by atoms with Crippen LogP contribution >= 0.6 is 0 Å². The van der Waals surface area contributed by atoms with Gasteiger partial charge in [-0.05, 0) is 31.3 Å². The van der Waals surface area contributed by atoms with Gasteiger partial charge < -0.3 is 5.32 Å². The summed E-state index contributed by atoms with van der Waals surface area (Å²) in [5.74, 6) is 1.07. The van der Waals surface area contributed by atoms with E-state index in [-0.39, 0.29) is 11.8 Å². The highest BCUT2D eigenvalue weighted by Gasteiger charge is 2.47. The minimum absolute atomic E-state index is 0.0658. The van der Waals surface area contributed by atoms with Crippen molar-refractivity contribution in [3.8, 4) is 0 Å². The minimum Gasteiger partial charge on any atom is -0.316 e. The van der Waals surface area contributed by atoms with Gasteiger partial charge in [0, 0.05) is 12.6 Å². The van der Waals surface area contributed by atoms with E-state index in [1.807, 2.05) is 0 Å². The van der Waals surface area contributed by atoms with E-state index in [2.05, 4.69) is 18.8 Å². The highest BCUT2D eigenvalue weighted by molar-refractivity contribution is 7.89. The van der Waals surface area contributed by atoms with Gasteiger partial charge in [0.15, 0.2) is 0 Å². The van der Waals surface area contributed by atoms with E-state index in [4.69, 9.17) is 0 Å². The quantitative estimate of drug-likeness (QED) is 0.730. The number of hydrogen-bond donors (Lipinski definition) is 1. The second kappa shape index (κ2) is 4.47. The molecule has 0 bridgehead atoms. The van der Waals surface area contributed by atoms with Crippen molar-refractivity contribution in [2.24, 2.45) is 11.8 Å². The molecule has 0 aliphatic carbocycles. The molecule has 2 aliphatic heterocycles. The fraction of sp³-hybridized carbons (Fsp3) is 0.818. The highest BCUT2D eigenvalue weighted by atomic mass is 32.2. The molecular weight excluding hydrogens is 224 g/mol. The molecule has 92 valence electrons. The molecule has 0 aromatic rings. The normalized spacial score (nSPS) is 35.2. The van der Waals surface area contributed by atoms with Gasteiger partial charge in [0.25, 0.3) is 0 Å². The van der Waals surface area contributed by atoms with Gasteiger partial charge >= 0.3 is 0 Å². The Hall–Kier alpha value is -0.390. The zero-order valence-corrected chi connectivity index (χ0v) is 10.5. The molecule has 3 atom stereocenters. The van der Waals surface area contributed by atoms with Crippen LogP contribution in [0, 0.1) is 11.8 Å². The fourth-order valence-electron chi connectivity index (χ4n) is 3.05. The molecule has 0 spiro atoms. The summed E-state index contributed by atoms with van der Waals surface area (Å²) >= 11 is 0. The highest BCUT2D eigenvalue weighted by Crippen LogP contribution is 2.36. The van der Waals surface area contributed by atoms with Crippen LogP contribution in [0.3, 0.4) is 0 Å².